The van der Waals surface area contributed by atoms with Crippen LogP contribution in [0.1, 0.15) is 29.8 Å². The zero-order chi connectivity index (χ0) is 19.3. The van der Waals surface area contributed by atoms with E-state index in [4.69, 9.17) is 9.41 Å². The molecule has 2 aromatic heterocycles. The van der Waals surface area contributed by atoms with Gasteiger partial charge < -0.3 is 4.42 Å². The van der Waals surface area contributed by atoms with E-state index in [9.17, 15) is 0 Å². The Morgan fingerprint density at radius 2 is 2.00 bits per heavy atom. The molecule has 5 rings (SSSR count). The monoisotopic (exact) mass is 544 g/mol. The van der Waals surface area contributed by atoms with Crippen molar-refractivity contribution in [2.75, 3.05) is 0 Å². The Morgan fingerprint density at radius 1 is 1.14 bits per heavy atom. The number of aromatic nitrogens is 3. The summed E-state index contributed by atoms with van der Waals surface area (Å²) in [5.41, 5.74) is 5.95. The number of benzene rings is 2. The van der Waals surface area contributed by atoms with Gasteiger partial charge in [-0.05, 0) is 53.8 Å². The molecule has 0 radical (unpaired) electrons. The minimum Gasteiger partial charge on any atom is -0.442 e. The number of hydrogen-bond acceptors (Lipinski definition) is 4. The number of hydrogen-bond donors (Lipinski definition) is 0. The zero-order valence-corrected chi connectivity index (χ0v) is 18.5. The molecule has 0 fully saturated rings. The van der Waals surface area contributed by atoms with Gasteiger partial charge in [0.2, 0.25) is 0 Å². The van der Waals surface area contributed by atoms with Crippen molar-refractivity contribution in [1.29, 1.82) is 0 Å². The Balaban J connectivity index is 1.82. The van der Waals surface area contributed by atoms with Crippen LogP contribution in [0.2, 0.25) is 0 Å². The molecule has 3 heterocycles. The SMILES string of the molecule is C[C@H]1N=C(c2ccccc2I)c2cc(Br)ccc2-n2cnc(-c3cnco3)c21. The van der Waals surface area contributed by atoms with Crippen LogP contribution in [0.25, 0.3) is 17.1 Å². The maximum absolute atomic E-state index is 5.53. The van der Waals surface area contributed by atoms with Gasteiger partial charge in [-0.3, -0.25) is 9.56 Å². The summed E-state index contributed by atoms with van der Waals surface area (Å²) in [4.78, 5) is 13.8. The van der Waals surface area contributed by atoms with Crippen molar-refractivity contribution in [3.8, 4) is 17.1 Å². The number of fused-ring (bicyclic) bond motifs is 3. The molecule has 1 aliphatic heterocycles. The van der Waals surface area contributed by atoms with E-state index in [0.717, 1.165) is 42.0 Å². The smallest absolute Gasteiger partial charge is 0.181 e. The van der Waals surface area contributed by atoms with E-state index in [0.29, 0.717) is 5.76 Å². The van der Waals surface area contributed by atoms with Crippen LogP contribution in [-0.4, -0.2) is 20.2 Å². The maximum Gasteiger partial charge on any atom is 0.181 e. The Kier molecular flexibility index (Phi) is 4.43. The van der Waals surface area contributed by atoms with Gasteiger partial charge in [0.05, 0.1) is 29.3 Å². The van der Waals surface area contributed by atoms with Crippen molar-refractivity contribution in [1.82, 2.24) is 14.5 Å². The lowest BCUT2D eigenvalue weighted by Crippen LogP contribution is -2.08. The number of rotatable bonds is 2. The minimum absolute atomic E-state index is 0.111. The summed E-state index contributed by atoms with van der Waals surface area (Å²) in [6.45, 7) is 2.09. The first kappa shape index (κ1) is 17.8. The molecule has 138 valence electrons. The van der Waals surface area contributed by atoms with E-state index < -0.39 is 0 Å². The fraction of sp³-hybridized carbons (Fsp3) is 0.0952. The van der Waals surface area contributed by atoms with Crippen LogP contribution in [0.3, 0.4) is 0 Å². The van der Waals surface area contributed by atoms with Gasteiger partial charge in [-0.25, -0.2) is 9.97 Å². The summed E-state index contributed by atoms with van der Waals surface area (Å²) in [7, 11) is 0. The first-order valence-corrected chi connectivity index (χ1v) is 10.6. The Bertz CT molecular complexity index is 1210. The van der Waals surface area contributed by atoms with E-state index in [2.05, 4.69) is 90.3 Å². The molecule has 5 nitrogen and oxygen atoms in total. The van der Waals surface area contributed by atoms with Crippen LogP contribution < -0.4 is 0 Å². The molecular weight excluding hydrogens is 531 g/mol. The molecule has 0 N–H and O–H groups in total. The molecule has 4 aromatic rings. The maximum atomic E-state index is 5.53. The standard InChI is InChI=1S/C21H14BrIN4O/c1-12-21-20(18-9-24-11-28-18)25-10-27(21)17-7-6-13(22)8-15(17)19(26-12)14-4-2-3-5-16(14)23/h2-12H,1H3/t12-/m1/s1. The highest BCUT2D eigenvalue weighted by Crippen LogP contribution is 2.37. The van der Waals surface area contributed by atoms with Crippen LogP contribution in [0.4, 0.5) is 0 Å². The summed E-state index contributed by atoms with van der Waals surface area (Å²) in [6.07, 6.45) is 4.95. The van der Waals surface area contributed by atoms with E-state index in [1.807, 2.05) is 18.5 Å². The number of aliphatic imine (C=N–C) groups is 1. The molecule has 0 bridgehead atoms. The Labute approximate surface area is 183 Å². The molecule has 0 aliphatic carbocycles. The van der Waals surface area contributed by atoms with Gasteiger partial charge in [-0.1, -0.05) is 34.1 Å². The van der Waals surface area contributed by atoms with E-state index in [1.54, 1.807) is 6.20 Å². The van der Waals surface area contributed by atoms with Gasteiger partial charge in [-0.15, -0.1) is 0 Å². The quantitative estimate of drug-likeness (QED) is 0.299. The molecule has 0 unspecified atom stereocenters. The largest absolute Gasteiger partial charge is 0.442 e. The van der Waals surface area contributed by atoms with Crippen molar-refractivity contribution >= 4 is 44.2 Å². The van der Waals surface area contributed by atoms with Crippen LogP contribution in [-0.2, 0) is 0 Å². The van der Waals surface area contributed by atoms with Crippen LogP contribution in [0.5, 0.6) is 0 Å². The van der Waals surface area contributed by atoms with Gasteiger partial charge in [0.15, 0.2) is 12.2 Å². The van der Waals surface area contributed by atoms with Crippen LogP contribution in [0.15, 0.2) is 75.3 Å². The van der Waals surface area contributed by atoms with Crippen molar-refractivity contribution in [2.45, 2.75) is 13.0 Å². The normalized spacial score (nSPS) is 15.5. The molecule has 28 heavy (non-hydrogen) atoms. The third kappa shape index (κ3) is 2.84. The number of halogens is 2. The fourth-order valence-corrected chi connectivity index (χ4v) is 4.58. The van der Waals surface area contributed by atoms with Crippen LogP contribution in [0, 0.1) is 3.57 Å². The van der Waals surface area contributed by atoms with E-state index >= 15 is 0 Å². The van der Waals surface area contributed by atoms with Gasteiger partial charge >= 0.3 is 0 Å². The van der Waals surface area contributed by atoms with Crippen molar-refractivity contribution < 1.29 is 4.42 Å². The number of imidazole rings is 1. The molecular formula is C21H14BrIN4O. The summed E-state index contributed by atoms with van der Waals surface area (Å²) >= 11 is 5.99. The number of oxazole rings is 1. The van der Waals surface area contributed by atoms with E-state index in [-0.39, 0.29) is 6.04 Å². The molecule has 7 heteroatoms. The highest BCUT2D eigenvalue weighted by atomic mass is 127. The predicted molar refractivity (Wildman–Crippen MR) is 120 cm³/mol. The lowest BCUT2D eigenvalue weighted by molar-refractivity contribution is 0.568. The topological polar surface area (TPSA) is 56.2 Å². The lowest BCUT2D eigenvalue weighted by atomic mass is 10.0. The third-order valence-corrected chi connectivity index (χ3v) is 6.22. The van der Waals surface area contributed by atoms with E-state index in [1.165, 1.54) is 6.39 Å². The highest BCUT2D eigenvalue weighted by Gasteiger charge is 2.28. The molecule has 1 aliphatic rings. The first-order chi connectivity index (χ1) is 13.6. The third-order valence-electron chi connectivity index (χ3n) is 4.79. The molecule has 0 saturated heterocycles. The zero-order valence-electron chi connectivity index (χ0n) is 14.8. The van der Waals surface area contributed by atoms with Crippen LogP contribution >= 0.6 is 38.5 Å². The minimum atomic E-state index is -0.111. The molecule has 2 aromatic carbocycles. The van der Waals surface area contributed by atoms with Crippen molar-refractivity contribution in [3.05, 3.63) is 86.2 Å². The Morgan fingerprint density at radius 3 is 2.79 bits per heavy atom. The molecule has 0 amide bonds. The molecule has 0 saturated carbocycles. The Hall–Kier alpha value is -2.26. The molecule has 0 spiro atoms. The predicted octanol–water partition coefficient (Wildman–Crippen LogP) is 5.81. The van der Waals surface area contributed by atoms with Gasteiger partial charge in [0.1, 0.15) is 12.0 Å². The van der Waals surface area contributed by atoms with Gasteiger partial charge in [0.25, 0.3) is 0 Å². The van der Waals surface area contributed by atoms with Gasteiger partial charge in [0, 0.05) is 19.2 Å². The highest BCUT2D eigenvalue weighted by molar-refractivity contribution is 14.1. The summed E-state index contributed by atoms with van der Waals surface area (Å²) in [5, 5.41) is 0. The second-order valence-corrected chi connectivity index (χ2v) is 8.59. The first-order valence-electron chi connectivity index (χ1n) is 8.72. The van der Waals surface area contributed by atoms with Gasteiger partial charge in [-0.2, -0.15) is 0 Å². The summed E-state index contributed by atoms with van der Waals surface area (Å²) in [5.74, 6) is 0.646. The second kappa shape index (κ2) is 6.97. The van der Waals surface area contributed by atoms with Crippen molar-refractivity contribution in [2.24, 2.45) is 4.99 Å². The summed E-state index contributed by atoms with van der Waals surface area (Å²) < 4.78 is 9.81. The average Bonchev–Trinajstić information content (AvgIpc) is 3.34. The second-order valence-electron chi connectivity index (χ2n) is 6.51. The number of nitrogens with zero attached hydrogens (tertiary/aromatic N) is 4. The summed E-state index contributed by atoms with van der Waals surface area (Å²) in [6, 6.07) is 14.5. The van der Waals surface area contributed by atoms with Crippen molar-refractivity contribution in [3.63, 3.8) is 0 Å². The average molecular weight is 545 g/mol. The lowest BCUT2D eigenvalue weighted by Gasteiger charge is -2.13. The fourth-order valence-electron chi connectivity index (χ4n) is 3.57. The molecule has 1 atom stereocenters.